The number of carbonyl (C=O) groups is 1. The Morgan fingerprint density at radius 3 is 2.65 bits per heavy atom. The predicted octanol–water partition coefficient (Wildman–Crippen LogP) is 3.70. The molecule has 1 amide bonds. The summed E-state index contributed by atoms with van der Waals surface area (Å²) in [5.74, 6) is 0. The Morgan fingerprint density at radius 2 is 2.09 bits per heavy atom. The minimum atomic E-state index is -0.506. The summed E-state index contributed by atoms with van der Waals surface area (Å²) >= 11 is 0. The SMILES string of the molecule is CC(C)(C)OC(=O)N1CCc2cc(C3(N=C=O)CCC3)ccc21. The third kappa shape index (κ3) is 2.89. The molecule has 1 saturated carbocycles. The highest BCUT2D eigenvalue weighted by atomic mass is 16.6. The van der Waals surface area contributed by atoms with E-state index >= 15 is 0 Å². The lowest BCUT2D eigenvalue weighted by Crippen LogP contribution is -2.35. The Kier molecular flexibility index (Phi) is 3.77. The van der Waals surface area contributed by atoms with Gasteiger partial charge in [0.1, 0.15) is 5.60 Å². The van der Waals surface area contributed by atoms with Gasteiger partial charge in [-0.3, -0.25) is 4.90 Å². The molecule has 1 aliphatic heterocycles. The smallest absolute Gasteiger partial charge is 0.414 e. The number of ether oxygens (including phenoxy) is 1. The van der Waals surface area contributed by atoms with Crippen molar-refractivity contribution >= 4 is 17.9 Å². The fraction of sp³-hybridized carbons (Fsp3) is 0.556. The maximum absolute atomic E-state index is 12.3. The molecule has 2 aliphatic rings. The number of rotatable bonds is 2. The van der Waals surface area contributed by atoms with Gasteiger partial charge in [-0.1, -0.05) is 12.1 Å². The van der Waals surface area contributed by atoms with E-state index in [0.29, 0.717) is 6.54 Å². The second-order valence-corrected chi connectivity index (χ2v) is 7.31. The number of fused-ring (bicyclic) bond motifs is 1. The van der Waals surface area contributed by atoms with E-state index in [1.165, 1.54) is 0 Å². The monoisotopic (exact) mass is 314 g/mol. The van der Waals surface area contributed by atoms with Crippen molar-refractivity contribution in [1.82, 2.24) is 0 Å². The fourth-order valence-corrected chi connectivity index (χ4v) is 3.26. The fourth-order valence-electron chi connectivity index (χ4n) is 3.26. The Labute approximate surface area is 136 Å². The molecule has 0 aromatic heterocycles. The van der Waals surface area contributed by atoms with Crippen molar-refractivity contribution in [2.24, 2.45) is 4.99 Å². The van der Waals surface area contributed by atoms with E-state index in [1.54, 1.807) is 11.0 Å². The Bertz CT molecular complexity index is 680. The molecule has 0 atom stereocenters. The van der Waals surface area contributed by atoms with Gasteiger partial charge in [-0.25, -0.2) is 9.59 Å². The van der Waals surface area contributed by atoms with Crippen molar-refractivity contribution in [3.63, 3.8) is 0 Å². The molecule has 0 N–H and O–H groups in total. The summed E-state index contributed by atoms with van der Waals surface area (Å²) in [5, 5.41) is 0. The van der Waals surface area contributed by atoms with Crippen LogP contribution in [0.15, 0.2) is 23.2 Å². The second-order valence-electron chi connectivity index (χ2n) is 7.31. The van der Waals surface area contributed by atoms with E-state index in [-0.39, 0.29) is 6.09 Å². The lowest BCUT2D eigenvalue weighted by molar-refractivity contribution is 0.0584. The van der Waals surface area contributed by atoms with Gasteiger partial charge in [0.25, 0.3) is 0 Å². The molecule has 5 nitrogen and oxygen atoms in total. The average Bonchev–Trinajstić information content (AvgIpc) is 2.84. The normalized spacial score (nSPS) is 18.7. The highest BCUT2D eigenvalue weighted by Crippen LogP contribution is 2.46. The first-order valence-electron chi connectivity index (χ1n) is 8.08. The highest BCUT2D eigenvalue weighted by molar-refractivity contribution is 5.90. The Morgan fingerprint density at radius 1 is 1.35 bits per heavy atom. The molecule has 1 aromatic rings. The van der Waals surface area contributed by atoms with Crippen LogP contribution in [0.1, 0.15) is 51.2 Å². The van der Waals surface area contributed by atoms with E-state index in [4.69, 9.17) is 4.74 Å². The van der Waals surface area contributed by atoms with Gasteiger partial charge in [-0.15, -0.1) is 0 Å². The highest BCUT2D eigenvalue weighted by Gasteiger charge is 2.40. The van der Waals surface area contributed by atoms with Crippen molar-refractivity contribution in [3.05, 3.63) is 29.3 Å². The maximum atomic E-state index is 12.3. The summed E-state index contributed by atoms with van der Waals surface area (Å²) in [5.41, 5.74) is 2.16. The molecule has 0 radical (unpaired) electrons. The molecule has 0 saturated heterocycles. The summed E-state index contributed by atoms with van der Waals surface area (Å²) in [6.45, 7) is 6.21. The minimum absolute atomic E-state index is 0.312. The third-order valence-electron chi connectivity index (χ3n) is 4.57. The molecule has 0 spiro atoms. The van der Waals surface area contributed by atoms with Gasteiger partial charge in [0, 0.05) is 6.54 Å². The van der Waals surface area contributed by atoms with Gasteiger partial charge < -0.3 is 4.74 Å². The van der Waals surface area contributed by atoms with Crippen molar-refractivity contribution in [1.29, 1.82) is 0 Å². The maximum Gasteiger partial charge on any atom is 0.414 e. The zero-order valence-corrected chi connectivity index (χ0v) is 13.9. The molecule has 3 rings (SSSR count). The van der Waals surface area contributed by atoms with Crippen LogP contribution in [0.4, 0.5) is 10.5 Å². The molecule has 1 heterocycles. The number of anilines is 1. The number of amides is 1. The minimum Gasteiger partial charge on any atom is -0.443 e. The molecular weight excluding hydrogens is 292 g/mol. The van der Waals surface area contributed by atoms with Crippen LogP contribution in [-0.4, -0.2) is 24.3 Å². The number of benzene rings is 1. The first kappa shape index (κ1) is 15.8. The summed E-state index contributed by atoms with van der Waals surface area (Å²) < 4.78 is 5.46. The van der Waals surface area contributed by atoms with Crippen LogP contribution in [0.5, 0.6) is 0 Å². The van der Waals surface area contributed by atoms with Crippen LogP contribution in [0.3, 0.4) is 0 Å². The van der Waals surface area contributed by atoms with Crippen molar-refractivity contribution < 1.29 is 14.3 Å². The molecule has 0 bridgehead atoms. The van der Waals surface area contributed by atoms with Crippen LogP contribution < -0.4 is 4.90 Å². The van der Waals surface area contributed by atoms with Gasteiger partial charge in [-0.05, 0) is 63.6 Å². The number of aliphatic imine (C=N–C) groups is 1. The quantitative estimate of drug-likeness (QED) is 0.618. The van der Waals surface area contributed by atoms with Crippen LogP contribution >= 0.6 is 0 Å². The second kappa shape index (κ2) is 5.50. The summed E-state index contributed by atoms with van der Waals surface area (Å²) in [7, 11) is 0. The summed E-state index contributed by atoms with van der Waals surface area (Å²) in [6, 6.07) is 6.00. The van der Waals surface area contributed by atoms with E-state index < -0.39 is 11.1 Å². The lowest BCUT2D eigenvalue weighted by Gasteiger charge is -2.37. The topological polar surface area (TPSA) is 59.0 Å². The van der Waals surface area contributed by atoms with Crippen molar-refractivity contribution in [3.8, 4) is 0 Å². The molecule has 23 heavy (non-hydrogen) atoms. The van der Waals surface area contributed by atoms with Gasteiger partial charge in [0.2, 0.25) is 6.08 Å². The molecule has 1 aromatic carbocycles. The van der Waals surface area contributed by atoms with Gasteiger partial charge in [-0.2, -0.15) is 4.99 Å². The molecule has 5 heteroatoms. The van der Waals surface area contributed by atoms with Crippen molar-refractivity contribution in [2.75, 3.05) is 11.4 Å². The van der Waals surface area contributed by atoms with Gasteiger partial charge in [0.15, 0.2) is 0 Å². The van der Waals surface area contributed by atoms with Crippen LogP contribution in [0, 0.1) is 0 Å². The molecular formula is C18H22N2O3. The van der Waals surface area contributed by atoms with Gasteiger partial charge >= 0.3 is 6.09 Å². The number of hydrogen-bond acceptors (Lipinski definition) is 4. The Hall–Kier alpha value is -2.13. The molecule has 1 aliphatic carbocycles. The Balaban J connectivity index is 1.86. The van der Waals surface area contributed by atoms with E-state index in [0.717, 1.165) is 42.5 Å². The largest absolute Gasteiger partial charge is 0.443 e. The molecule has 1 fully saturated rings. The van der Waals surface area contributed by atoms with Gasteiger partial charge in [0.05, 0.1) is 11.2 Å². The van der Waals surface area contributed by atoms with Crippen LogP contribution in [0.2, 0.25) is 0 Å². The zero-order valence-electron chi connectivity index (χ0n) is 13.9. The van der Waals surface area contributed by atoms with Crippen molar-refractivity contribution in [2.45, 2.75) is 57.6 Å². The number of isocyanates is 1. The average molecular weight is 314 g/mol. The zero-order chi connectivity index (χ0) is 16.7. The lowest BCUT2D eigenvalue weighted by atomic mass is 9.72. The first-order chi connectivity index (χ1) is 10.8. The van der Waals surface area contributed by atoms with E-state index in [9.17, 15) is 9.59 Å². The van der Waals surface area contributed by atoms with E-state index in [2.05, 4.69) is 11.1 Å². The number of carbonyl (C=O) groups excluding carboxylic acids is 2. The van der Waals surface area contributed by atoms with Crippen LogP contribution in [0.25, 0.3) is 0 Å². The standard InChI is InChI=1S/C18H22N2O3/c1-17(2,3)23-16(22)20-10-7-13-11-14(5-6-15(13)20)18(19-12-21)8-4-9-18/h5-6,11H,4,7-10H2,1-3H3. The summed E-state index contributed by atoms with van der Waals surface area (Å²) in [4.78, 5) is 28.8. The molecule has 0 unspecified atom stereocenters. The van der Waals surface area contributed by atoms with Crippen LogP contribution in [-0.2, 0) is 21.5 Å². The third-order valence-corrected chi connectivity index (χ3v) is 4.57. The summed E-state index contributed by atoms with van der Waals surface area (Å²) in [6.07, 6.45) is 5.05. The number of nitrogens with zero attached hydrogens (tertiary/aromatic N) is 2. The number of hydrogen-bond donors (Lipinski definition) is 0. The molecule has 122 valence electrons. The van der Waals surface area contributed by atoms with E-state index in [1.807, 2.05) is 32.9 Å². The first-order valence-corrected chi connectivity index (χ1v) is 8.08. The predicted molar refractivity (Wildman–Crippen MR) is 87.4 cm³/mol.